The van der Waals surface area contributed by atoms with Gasteiger partial charge >= 0.3 is 0 Å². The summed E-state index contributed by atoms with van der Waals surface area (Å²) in [6.07, 6.45) is 3.40. The Morgan fingerprint density at radius 2 is 1.74 bits per heavy atom. The van der Waals surface area contributed by atoms with E-state index in [1.54, 1.807) is 24.3 Å². The fourth-order valence-electron chi connectivity index (χ4n) is 3.34. The van der Waals surface area contributed by atoms with Crippen LogP contribution in [0.1, 0.15) is 49.0 Å². The smallest absolute Gasteiger partial charge is 0.265 e. The maximum absolute atomic E-state index is 12.7. The second kappa shape index (κ2) is 10.7. The highest BCUT2D eigenvalue weighted by molar-refractivity contribution is 8.03. The maximum atomic E-state index is 12.7. The lowest BCUT2D eigenvalue weighted by molar-refractivity contribution is 0.0750. The quantitative estimate of drug-likeness (QED) is 0.614. The van der Waals surface area contributed by atoms with Crippen LogP contribution in [0.2, 0.25) is 5.02 Å². The molecule has 0 aromatic heterocycles. The van der Waals surface area contributed by atoms with Crippen molar-refractivity contribution in [1.29, 1.82) is 0 Å². The molecule has 0 saturated carbocycles. The van der Waals surface area contributed by atoms with E-state index in [1.165, 1.54) is 18.2 Å². The molecule has 164 valence electrons. The molecule has 4 rings (SSSR count). The van der Waals surface area contributed by atoms with Crippen molar-refractivity contribution in [3.63, 3.8) is 0 Å². The Kier molecular flexibility index (Phi) is 8.01. The number of allylic oxidation sites excluding steroid dienone is 1. The summed E-state index contributed by atoms with van der Waals surface area (Å²) in [6, 6.07) is 12.7. The third-order valence-electron chi connectivity index (χ3n) is 4.93. The van der Waals surface area contributed by atoms with Gasteiger partial charge in [-0.1, -0.05) is 55.8 Å². The molecule has 0 radical (unpaired) electrons. The van der Waals surface area contributed by atoms with Crippen molar-refractivity contribution in [2.75, 3.05) is 13.1 Å². The Labute approximate surface area is 192 Å². The van der Waals surface area contributed by atoms with E-state index in [4.69, 9.17) is 28.1 Å². The monoisotopic (exact) mass is 457 g/mol. The third kappa shape index (κ3) is 5.61. The Morgan fingerprint density at radius 1 is 1.06 bits per heavy atom. The molecule has 6 nitrogen and oxygen atoms in total. The van der Waals surface area contributed by atoms with Gasteiger partial charge in [0.15, 0.2) is 0 Å². The number of carbonyl (C=O) groups excluding carboxylic acids is 1. The minimum absolute atomic E-state index is 0.138. The minimum atomic E-state index is -0.138. The lowest BCUT2D eigenvalue weighted by Gasteiger charge is -2.26. The normalized spacial score (nSPS) is 16.4. The zero-order chi connectivity index (χ0) is 22.4. The molecule has 2 aromatic carbocycles. The van der Waals surface area contributed by atoms with Crippen LogP contribution in [0.25, 0.3) is 0 Å². The van der Waals surface area contributed by atoms with E-state index in [0.717, 1.165) is 36.4 Å². The molecule has 8 heteroatoms. The van der Waals surface area contributed by atoms with Gasteiger partial charge in [0.25, 0.3) is 5.91 Å². The van der Waals surface area contributed by atoms with Crippen molar-refractivity contribution in [3.8, 4) is 0 Å². The molecule has 0 spiro atoms. The van der Waals surface area contributed by atoms with Crippen molar-refractivity contribution in [1.82, 2.24) is 10.4 Å². The lowest BCUT2D eigenvalue weighted by Crippen LogP contribution is -2.45. The van der Waals surface area contributed by atoms with Crippen LogP contribution in [0.15, 0.2) is 63.1 Å². The molecule has 0 atom stereocenters. The molecule has 1 amide bonds. The number of carbonyl (C=O) groups is 1. The zero-order valence-corrected chi connectivity index (χ0v) is 19.4. The number of hydrogen-bond donors (Lipinski definition) is 3. The van der Waals surface area contributed by atoms with Gasteiger partial charge in [-0.05, 0) is 43.2 Å². The van der Waals surface area contributed by atoms with Gasteiger partial charge in [0.05, 0.1) is 22.1 Å². The van der Waals surface area contributed by atoms with Crippen molar-refractivity contribution in [3.05, 3.63) is 69.3 Å². The molecule has 2 aliphatic heterocycles. The molecular formula is C23H28ClN5OS. The average molecular weight is 458 g/mol. The number of benzene rings is 2. The van der Waals surface area contributed by atoms with Crippen LogP contribution in [0.3, 0.4) is 0 Å². The summed E-state index contributed by atoms with van der Waals surface area (Å²) < 4.78 is 0. The van der Waals surface area contributed by atoms with Crippen molar-refractivity contribution in [2.45, 2.75) is 38.0 Å². The van der Waals surface area contributed by atoms with Crippen molar-refractivity contribution in [2.24, 2.45) is 16.5 Å². The molecule has 0 aliphatic carbocycles. The molecule has 5 N–H and O–H groups in total. The summed E-state index contributed by atoms with van der Waals surface area (Å²) >= 11 is 7.35. The molecule has 2 aliphatic rings. The van der Waals surface area contributed by atoms with E-state index in [-0.39, 0.29) is 5.91 Å². The van der Waals surface area contributed by atoms with Gasteiger partial charge in [0, 0.05) is 34.1 Å². The molecular weight excluding hydrogens is 430 g/mol. The Bertz CT molecular complexity index is 998. The molecule has 2 heterocycles. The highest BCUT2D eigenvalue weighted by atomic mass is 35.5. The number of fused-ring (bicyclic) bond motifs is 1. The summed E-state index contributed by atoms with van der Waals surface area (Å²) in [6.45, 7) is 5.75. The predicted molar refractivity (Wildman–Crippen MR) is 130 cm³/mol. The minimum Gasteiger partial charge on any atom is -0.395 e. The SMILES string of the molecule is CC.NC1=C(N)C(c2ccc(Cl)cc2)=Nc2cc(C(=O)NN3CCCCC3)ccc2S1. The van der Waals surface area contributed by atoms with Crippen LogP contribution >= 0.6 is 23.4 Å². The molecule has 0 unspecified atom stereocenters. The van der Waals surface area contributed by atoms with E-state index in [1.807, 2.05) is 37.1 Å². The summed E-state index contributed by atoms with van der Waals surface area (Å²) in [5, 5.41) is 3.08. The number of piperidine rings is 1. The maximum Gasteiger partial charge on any atom is 0.265 e. The van der Waals surface area contributed by atoms with Gasteiger partial charge in [-0.15, -0.1) is 0 Å². The summed E-state index contributed by atoms with van der Waals surface area (Å²) in [5.74, 6) is -0.138. The van der Waals surface area contributed by atoms with Crippen LogP contribution in [-0.2, 0) is 0 Å². The van der Waals surface area contributed by atoms with Crippen LogP contribution in [0.5, 0.6) is 0 Å². The number of nitrogens with zero attached hydrogens (tertiary/aromatic N) is 2. The number of halogens is 1. The molecule has 0 bridgehead atoms. The lowest BCUT2D eigenvalue weighted by atomic mass is 10.1. The first-order valence-electron chi connectivity index (χ1n) is 10.5. The van der Waals surface area contributed by atoms with Crippen LogP contribution in [0.4, 0.5) is 5.69 Å². The van der Waals surface area contributed by atoms with E-state index < -0.39 is 0 Å². The highest BCUT2D eigenvalue weighted by Gasteiger charge is 2.20. The number of rotatable bonds is 3. The fourth-order valence-corrected chi connectivity index (χ4v) is 4.26. The van der Waals surface area contributed by atoms with Gasteiger partial charge in [-0.2, -0.15) is 0 Å². The number of nitrogens with one attached hydrogen (secondary N) is 1. The first-order valence-corrected chi connectivity index (χ1v) is 11.7. The van der Waals surface area contributed by atoms with E-state index in [0.29, 0.717) is 32.7 Å². The number of hydrogen-bond acceptors (Lipinski definition) is 6. The van der Waals surface area contributed by atoms with Gasteiger partial charge in [0.1, 0.15) is 0 Å². The molecule has 1 fully saturated rings. The third-order valence-corrected chi connectivity index (χ3v) is 6.18. The average Bonchev–Trinajstić information content (AvgIpc) is 2.92. The van der Waals surface area contributed by atoms with E-state index >= 15 is 0 Å². The van der Waals surface area contributed by atoms with Crippen LogP contribution in [0, 0.1) is 0 Å². The Hall–Kier alpha value is -2.48. The fraction of sp³-hybridized carbons (Fsp3) is 0.304. The summed E-state index contributed by atoms with van der Waals surface area (Å²) in [7, 11) is 0. The van der Waals surface area contributed by atoms with Gasteiger partial charge in [0.2, 0.25) is 0 Å². The summed E-state index contributed by atoms with van der Waals surface area (Å²) in [4.78, 5) is 18.3. The molecule has 2 aromatic rings. The van der Waals surface area contributed by atoms with Crippen LogP contribution < -0.4 is 16.9 Å². The number of nitrogens with two attached hydrogens (primary N) is 2. The van der Waals surface area contributed by atoms with Gasteiger partial charge < -0.3 is 11.5 Å². The zero-order valence-electron chi connectivity index (χ0n) is 17.8. The number of hydrazine groups is 1. The van der Waals surface area contributed by atoms with E-state index in [9.17, 15) is 4.79 Å². The number of amides is 1. The highest BCUT2D eigenvalue weighted by Crippen LogP contribution is 2.38. The van der Waals surface area contributed by atoms with Gasteiger partial charge in [-0.3, -0.25) is 10.2 Å². The second-order valence-corrected chi connectivity index (χ2v) is 8.54. The largest absolute Gasteiger partial charge is 0.395 e. The number of thioether (sulfide) groups is 1. The van der Waals surface area contributed by atoms with Crippen LogP contribution in [-0.4, -0.2) is 29.7 Å². The Morgan fingerprint density at radius 3 is 2.42 bits per heavy atom. The van der Waals surface area contributed by atoms with Crippen molar-refractivity contribution >= 4 is 40.7 Å². The van der Waals surface area contributed by atoms with Crippen molar-refractivity contribution < 1.29 is 4.79 Å². The summed E-state index contributed by atoms with van der Waals surface area (Å²) in [5.41, 5.74) is 18.5. The molecule has 1 saturated heterocycles. The molecule has 31 heavy (non-hydrogen) atoms. The van der Waals surface area contributed by atoms with E-state index in [2.05, 4.69) is 5.43 Å². The second-order valence-electron chi connectivity index (χ2n) is 7.02. The first kappa shape index (κ1) is 23.2. The van der Waals surface area contributed by atoms with Gasteiger partial charge in [-0.25, -0.2) is 10.0 Å². The first-order chi connectivity index (χ1) is 15.0. The predicted octanol–water partition coefficient (Wildman–Crippen LogP) is 4.81. The Balaban J connectivity index is 0.00000132. The standard InChI is InChI=1S/C21H22ClN5OS.C2H6/c22-15-7-4-13(5-8-15)19-18(23)20(24)29-17-9-6-14(12-16(17)25-19)21(28)26-27-10-2-1-3-11-27;1-2/h4-9,12H,1-3,10-11,23-24H2,(H,26,28);1-2H3. The topological polar surface area (TPSA) is 96.7 Å². The number of aliphatic imine (C=N–C) groups is 1.